The Morgan fingerprint density at radius 2 is 0.914 bits per heavy atom. The van der Waals surface area contributed by atoms with Gasteiger partial charge in [0.05, 0.1) is 31.1 Å². The molecule has 0 saturated carbocycles. The summed E-state index contributed by atoms with van der Waals surface area (Å²) in [7, 11) is 0. The van der Waals surface area contributed by atoms with Gasteiger partial charge in [-0.2, -0.15) is 0 Å². The van der Waals surface area contributed by atoms with Gasteiger partial charge in [-0.15, -0.1) is 0 Å². The van der Waals surface area contributed by atoms with Crippen molar-refractivity contribution in [3.63, 3.8) is 0 Å². The Morgan fingerprint density at radius 1 is 0.586 bits per heavy atom. The van der Waals surface area contributed by atoms with Crippen LogP contribution in [0.4, 0.5) is 5.69 Å². The molecule has 322 valence electrons. The summed E-state index contributed by atoms with van der Waals surface area (Å²) in [6.07, 6.45) is 0.124. The Kier molecular flexibility index (Phi) is 19.6. The summed E-state index contributed by atoms with van der Waals surface area (Å²) in [6, 6.07) is -0.0226. The van der Waals surface area contributed by atoms with Gasteiger partial charge < -0.3 is 41.7 Å². The second-order valence-electron chi connectivity index (χ2n) is 14.0. The summed E-state index contributed by atoms with van der Waals surface area (Å²) in [5.74, 6) is -7.73. The molecule has 0 bridgehead atoms. The molecule has 58 heavy (non-hydrogen) atoms. The molecule has 0 radical (unpaired) electrons. The number of carbonyl (C=O) groups excluding carboxylic acids is 4. The van der Waals surface area contributed by atoms with Gasteiger partial charge in [-0.1, -0.05) is 12.1 Å². The Balaban J connectivity index is 2.65. The third-order valence-electron chi connectivity index (χ3n) is 9.21. The molecule has 0 aliphatic carbocycles. The summed E-state index contributed by atoms with van der Waals surface area (Å²) >= 11 is 0. The van der Waals surface area contributed by atoms with Crippen molar-refractivity contribution in [2.75, 3.05) is 72.0 Å². The van der Waals surface area contributed by atoms with Crippen LogP contribution in [0.3, 0.4) is 0 Å². The lowest BCUT2D eigenvalue weighted by Gasteiger charge is -2.38. The summed E-state index contributed by atoms with van der Waals surface area (Å²) in [5.41, 5.74) is 0.404. The van der Waals surface area contributed by atoms with E-state index in [0.29, 0.717) is 5.56 Å². The summed E-state index contributed by atoms with van der Waals surface area (Å²) < 4.78 is 0. The van der Waals surface area contributed by atoms with Gasteiger partial charge in [0.15, 0.2) is 0 Å². The van der Waals surface area contributed by atoms with E-state index in [-0.39, 0.29) is 84.1 Å². The van der Waals surface area contributed by atoms with Gasteiger partial charge in [-0.3, -0.25) is 68.1 Å². The predicted octanol–water partition coefficient (Wildman–Crippen LogP) is -2.92. The highest BCUT2D eigenvalue weighted by atomic mass is 16.6. The second kappa shape index (κ2) is 23.5. The molecule has 1 heterocycles. The minimum Gasteiger partial charge on any atom is -0.480 e. The van der Waals surface area contributed by atoms with E-state index < -0.39 is 82.6 Å². The van der Waals surface area contributed by atoms with Crippen LogP contribution < -0.4 is 21.3 Å². The Bertz CT molecular complexity index is 1650. The second-order valence-corrected chi connectivity index (χ2v) is 14.0. The maximum Gasteiger partial charge on any atom is 0.325 e. The van der Waals surface area contributed by atoms with Crippen LogP contribution in [0.15, 0.2) is 24.3 Å². The number of nitro groups is 1. The molecular weight excluding hydrogens is 770 g/mol. The van der Waals surface area contributed by atoms with E-state index >= 15 is 0 Å². The van der Waals surface area contributed by atoms with E-state index in [4.69, 9.17) is 0 Å². The van der Waals surface area contributed by atoms with Crippen LogP contribution >= 0.6 is 0 Å². The van der Waals surface area contributed by atoms with Gasteiger partial charge in [-0.05, 0) is 39.7 Å². The number of rotatable bonds is 19. The van der Waals surface area contributed by atoms with Crippen molar-refractivity contribution in [1.82, 2.24) is 40.9 Å². The van der Waals surface area contributed by atoms with Crippen molar-refractivity contribution in [1.29, 1.82) is 0 Å². The first-order chi connectivity index (χ1) is 27.1. The van der Waals surface area contributed by atoms with Crippen molar-refractivity contribution in [3.05, 3.63) is 39.9 Å². The fourth-order valence-corrected chi connectivity index (χ4v) is 5.82. The van der Waals surface area contributed by atoms with E-state index in [1.807, 2.05) is 0 Å². The van der Waals surface area contributed by atoms with Crippen molar-refractivity contribution < 1.29 is 63.7 Å². The number of carboxylic acids is 4. The summed E-state index contributed by atoms with van der Waals surface area (Å²) in [6.45, 7) is 4.19. The van der Waals surface area contributed by atoms with Crippen LogP contribution in [0, 0.1) is 10.1 Å². The highest BCUT2D eigenvalue weighted by Crippen LogP contribution is 2.17. The molecule has 5 atom stereocenters. The van der Waals surface area contributed by atoms with Crippen molar-refractivity contribution in [2.24, 2.45) is 0 Å². The molecule has 1 fully saturated rings. The van der Waals surface area contributed by atoms with Gasteiger partial charge >= 0.3 is 23.9 Å². The van der Waals surface area contributed by atoms with E-state index in [2.05, 4.69) is 21.3 Å². The number of hydrogen-bond acceptors (Lipinski definition) is 14. The number of non-ortho nitro benzene ring substituents is 1. The first-order valence-corrected chi connectivity index (χ1v) is 18.4. The maximum absolute atomic E-state index is 13.3. The minimum atomic E-state index is -1.29. The fourth-order valence-electron chi connectivity index (χ4n) is 5.82. The SMILES string of the molecule is C[C@H](NC(=O)CN1CCN(CC(=O)N[C@@H](C)C(=O)O)CCN(CC(=O)N[C@@H](C)C(=O)O)[C@@H](Cc2ccc([N+](=O)[O-])cc2)CN(CC(=O)N[C@@H](C)C(=O)O)CC1)C(=O)O. The van der Waals surface area contributed by atoms with Crippen LogP contribution in [-0.4, -0.2) is 195 Å². The summed E-state index contributed by atoms with van der Waals surface area (Å²) in [4.78, 5) is 116. The van der Waals surface area contributed by atoms with Gasteiger partial charge in [0.25, 0.3) is 5.69 Å². The van der Waals surface area contributed by atoms with Gasteiger partial charge in [0.2, 0.25) is 23.6 Å². The number of carboxylic acid groups (broad SMARTS) is 4. The quantitative estimate of drug-likeness (QED) is 0.0512. The molecule has 0 aromatic heterocycles. The molecule has 1 saturated heterocycles. The topological polar surface area (TPSA) is 322 Å². The Hall–Kier alpha value is -5.78. The zero-order valence-electron chi connectivity index (χ0n) is 32.8. The molecule has 2 rings (SSSR count). The zero-order chi connectivity index (χ0) is 43.7. The number of amides is 4. The molecule has 1 aliphatic rings. The number of nitrogens with one attached hydrogen (secondary N) is 4. The standard InChI is InChI=1S/C35H53N9O14/c1-21(32(49)50)36-28(45)17-40-9-10-41(18-29(46)37-22(2)33(51)52)13-14-43(20-31(48)39-24(4)35(55)56)27(15-25-5-7-26(8-6-25)44(57)58)16-42(12-11-40)19-30(47)38-23(3)34(53)54/h5-8,21-24,27H,9-20H2,1-4H3,(H,36,45)(H,37,46)(H,38,47)(H,39,48)(H,49,50)(H,51,52)(H,53,54)(H,55,56)/t21-,22-,23-,24-,27-/m0/s1. The number of nitro benzene ring substituents is 1. The van der Waals surface area contributed by atoms with Crippen LogP contribution in [0.2, 0.25) is 0 Å². The van der Waals surface area contributed by atoms with E-state index in [1.165, 1.54) is 52.0 Å². The normalized spacial score (nSPS) is 18.4. The van der Waals surface area contributed by atoms with E-state index in [9.17, 15) is 68.9 Å². The summed E-state index contributed by atoms with van der Waals surface area (Å²) in [5, 5.41) is 58.4. The molecule has 0 unspecified atom stereocenters. The van der Waals surface area contributed by atoms with E-state index in [0.717, 1.165) is 0 Å². The molecule has 23 heteroatoms. The van der Waals surface area contributed by atoms with Crippen LogP contribution in [-0.2, 0) is 44.8 Å². The molecule has 4 amide bonds. The smallest absolute Gasteiger partial charge is 0.325 e. The molecule has 1 aromatic carbocycles. The number of hydrogen-bond donors (Lipinski definition) is 8. The number of benzene rings is 1. The first kappa shape index (κ1) is 48.4. The van der Waals surface area contributed by atoms with Crippen LogP contribution in [0.1, 0.15) is 33.3 Å². The lowest BCUT2D eigenvalue weighted by Crippen LogP contribution is -2.56. The minimum absolute atomic E-state index is 0.000319. The number of aliphatic carboxylic acids is 4. The molecule has 1 aromatic rings. The lowest BCUT2D eigenvalue weighted by atomic mass is 10.0. The monoisotopic (exact) mass is 823 g/mol. The first-order valence-electron chi connectivity index (χ1n) is 18.4. The average molecular weight is 824 g/mol. The predicted molar refractivity (Wildman–Crippen MR) is 202 cm³/mol. The van der Waals surface area contributed by atoms with Crippen LogP contribution in [0.5, 0.6) is 0 Å². The molecule has 23 nitrogen and oxygen atoms in total. The van der Waals surface area contributed by atoms with Crippen molar-refractivity contribution >= 4 is 53.2 Å². The highest BCUT2D eigenvalue weighted by Gasteiger charge is 2.30. The van der Waals surface area contributed by atoms with Gasteiger partial charge in [-0.25, -0.2) is 0 Å². The molecule has 8 N–H and O–H groups in total. The molecule has 0 spiro atoms. The maximum atomic E-state index is 13.3. The van der Waals surface area contributed by atoms with Gasteiger partial charge in [0.1, 0.15) is 24.2 Å². The molecule has 1 aliphatic heterocycles. The van der Waals surface area contributed by atoms with E-state index in [1.54, 1.807) is 19.6 Å². The largest absolute Gasteiger partial charge is 0.480 e. The highest BCUT2D eigenvalue weighted by molar-refractivity contribution is 5.86. The number of carbonyl (C=O) groups is 8. The van der Waals surface area contributed by atoms with Gasteiger partial charge in [0, 0.05) is 64.0 Å². The van der Waals surface area contributed by atoms with Crippen molar-refractivity contribution in [3.8, 4) is 0 Å². The zero-order valence-corrected chi connectivity index (χ0v) is 32.8. The fraction of sp³-hybridized carbons (Fsp3) is 0.600. The molecular formula is C35H53N9O14. The van der Waals surface area contributed by atoms with Crippen LogP contribution in [0.25, 0.3) is 0 Å². The number of nitrogens with zero attached hydrogens (tertiary/aromatic N) is 5. The Labute approximate surface area is 333 Å². The lowest BCUT2D eigenvalue weighted by molar-refractivity contribution is -0.384. The Morgan fingerprint density at radius 3 is 1.28 bits per heavy atom. The average Bonchev–Trinajstić information content (AvgIpc) is 3.12. The third-order valence-corrected chi connectivity index (χ3v) is 9.21. The van der Waals surface area contributed by atoms with Crippen molar-refractivity contribution in [2.45, 2.75) is 64.3 Å². The third kappa shape index (κ3) is 17.6.